The number of hydrogen-bond acceptors (Lipinski definition) is 6. The van der Waals surface area contributed by atoms with Crippen LogP contribution in [0.2, 0.25) is 0 Å². The zero-order chi connectivity index (χ0) is 18.4. The summed E-state index contributed by atoms with van der Waals surface area (Å²) >= 11 is 0. The summed E-state index contributed by atoms with van der Waals surface area (Å²) in [6, 6.07) is 5.31. The topological polar surface area (TPSA) is 99.9 Å². The van der Waals surface area contributed by atoms with Crippen molar-refractivity contribution in [3.05, 3.63) is 52.3 Å². The molecule has 0 saturated carbocycles. The van der Waals surface area contributed by atoms with Crippen molar-refractivity contribution in [1.82, 2.24) is 15.0 Å². The molecule has 1 aliphatic rings. The summed E-state index contributed by atoms with van der Waals surface area (Å²) in [5.41, 5.74) is 7.57. The number of pyridine rings is 1. The van der Waals surface area contributed by atoms with Crippen molar-refractivity contribution in [2.45, 2.75) is 39.2 Å². The minimum Gasteiger partial charge on any atom is -0.404 e. The maximum absolute atomic E-state index is 11.2. The van der Waals surface area contributed by atoms with E-state index in [9.17, 15) is 4.79 Å². The predicted molar refractivity (Wildman–Crippen MR) is 105 cm³/mol. The molecule has 7 heteroatoms. The Morgan fingerprint density at radius 1 is 1.31 bits per heavy atom. The number of anilines is 2. The summed E-state index contributed by atoms with van der Waals surface area (Å²) in [5.74, 6) is 2.36. The van der Waals surface area contributed by atoms with E-state index in [0.29, 0.717) is 12.4 Å². The first-order chi connectivity index (χ1) is 12.7. The smallest absolute Gasteiger partial charge is 0.247 e. The fraction of sp³-hybridized carbons (Fsp3) is 0.421. The van der Waals surface area contributed by atoms with Crippen LogP contribution in [0.25, 0.3) is 5.57 Å². The lowest BCUT2D eigenvalue weighted by atomic mass is 10.1. The van der Waals surface area contributed by atoms with Crippen LogP contribution in [0.1, 0.15) is 44.0 Å². The quantitative estimate of drug-likeness (QED) is 0.737. The number of rotatable bonds is 6. The largest absolute Gasteiger partial charge is 0.404 e. The Kier molecular flexibility index (Phi) is 5.88. The highest BCUT2D eigenvalue weighted by atomic mass is 16.1. The first-order valence-corrected chi connectivity index (χ1v) is 9.16. The number of hydrogen-bond donors (Lipinski definition) is 3. The standard InChI is InChI=1S/C19H26N6O/c1-2-15(11-20)19-23-16(21-12-14-6-7-18(26)22-13-14)10-17(24-19)25-8-4-3-5-9-25/h6-7,10-11,13H,2-5,8-9,12,20H2,1H3,(H,22,26)(H,21,23,24)/b15-11-. The van der Waals surface area contributed by atoms with Gasteiger partial charge in [-0.15, -0.1) is 0 Å². The third-order valence-corrected chi connectivity index (χ3v) is 4.58. The van der Waals surface area contributed by atoms with E-state index in [1.165, 1.54) is 25.3 Å². The van der Waals surface area contributed by atoms with E-state index in [2.05, 4.69) is 20.2 Å². The van der Waals surface area contributed by atoms with Crippen molar-refractivity contribution >= 4 is 17.2 Å². The molecule has 2 aromatic rings. The SMILES string of the molecule is CC/C(=C/N)c1nc(NCc2ccc(=O)[nH]c2)cc(N2CCCCC2)n1. The number of H-pyrrole nitrogens is 1. The van der Waals surface area contributed by atoms with Gasteiger partial charge in [0.15, 0.2) is 5.82 Å². The van der Waals surface area contributed by atoms with E-state index in [0.717, 1.165) is 42.3 Å². The monoisotopic (exact) mass is 354 g/mol. The van der Waals surface area contributed by atoms with Crippen LogP contribution in [0.4, 0.5) is 11.6 Å². The Morgan fingerprint density at radius 3 is 2.77 bits per heavy atom. The summed E-state index contributed by atoms with van der Waals surface area (Å²) in [6.45, 7) is 4.65. The van der Waals surface area contributed by atoms with Crippen LogP contribution in [0.15, 0.2) is 35.4 Å². The van der Waals surface area contributed by atoms with Crippen LogP contribution in [0.3, 0.4) is 0 Å². The van der Waals surface area contributed by atoms with E-state index in [1.807, 2.05) is 13.0 Å². The number of nitrogens with zero attached hydrogens (tertiary/aromatic N) is 3. The van der Waals surface area contributed by atoms with Gasteiger partial charge in [-0.3, -0.25) is 4.79 Å². The van der Waals surface area contributed by atoms with Gasteiger partial charge >= 0.3 is 0 Å². The van der Waals surface area contributed by atoms with Gasteiger partial charge in [0.25, 0.3) is 0 Å². The Bertz CT molecular complexity index is 803. The predicted octanol–water partition coefficient (Wildman–Crippen LogP) is 2.48. The molecule has 1 fully saturated rings. The third kappa shape index (κ3) is 4.41. The number of aromatic nitrogens is 3. The first-order valence-electron chi connectivity index (χ1n) is 9.16. The molecule has 7 nitrogen and oxygen atoms in total. The van der Waals surface area contributed by atoms with Crippen LogP contribution in [-0.4, -0.2) is 28.0 Å². The van der Waals surface area contributed by atoms with Gasteiger partial charge in [0.1, 0.15) is 11.6 Å². The molecular formula is C19H26N6O. The fourth-order valence-electron chi connectivity index (χ4n) is 3.05. The van der Waals surface area contributed by atoms with Gasteiger partial charge in [-0.1, -0.05) is 13.0 Å². The second-order valence-electron chi connectivity index (χ2n) is 6.44. The Balaban J connectivity index is 1.85. The molecule has 0 spiro atoms. The third-order valence-electron chi connectivity index (χ3n) is 4.58. The zero-order valence-corrected chi connectivity index (χ0v) is 15.2. The van der Waals surface area contributed by atoms with Crippen LogP contribution < -0.4 is 21.5 Å². The lowest BCUT2D eigenvalue weighted by Crippen LogP contribution is -2.30. The normalized spacial score (nSPS) is 15.1. The molecule has 0 bridgehead atoms. The summed E-state index contributed by atoms with van der Waals surface area (Å²) in [7, 11) is 0. The lowest BCUT2D eigenvalue weighted by molar-refractivity contribution is 0.573. The number of aromatic amines is 1. The lowest BCUT2D eigenvalue weighted by Gasteiger charge is -2.28. The summed E-state index contributed by atoms with van der Waals surface area (Å²) in [5, 5.41) is 3.34. The molecule has 3 heterocycles. The molecule has 0 radical (unpaired) electrons. The maximum Gasteiger partial charge on any atom is 0.247 e. The van der Waals surface area contributed by atoms with E-state index in [4.69, 9.17) is 10.7 Å². The van der Waals surface area contributed by atoms with Crippen LogP contribution in [0, 0.1) is 0 Å². The number of nitrogens with two attached hydrogens (primary N) is 1. The molecule has 138 valence electrons. The molecule has 2 aromatic heterocycles. The molecule has 0 aromatic carbocycles. The van der Waals surface area contributed by atoms with Gasteiger partial charge in [0.05, 0.1) is 0 Å². The van der Waals surface area contributed by atoms with Gasteiger partial charge in [0.2, 0.25) is 5.56 Å². The zero-order valence-electron chi connectivity index (χ0n) is 15.2. The van der Waals surface area contributed by atoms with Gasteiger partial charge in [-0.05, 0) is 31.2 Å². The van der Waals surface area contributed by atoms with Crippen molar-refractivity contribution in [3.8, 4) is 0 Å². The first kappa shape index (κ1) is 18.0. The van der Waals surface area contributed by atoms with Crippen molar-refractivity contribution < 1.29 is 0 Å². The number of piperidine rings is 1. The van der Waals surface area contributed by atoms with E-state index < -0.39 is 0 Å². The van der Waals surface area contributed by atoms with Crippen molar-refractivity contribution in [1.29, 1.82) is 0 Å². The van der Waals surface area contributed by atoms with Gasteiger partial charge in [-0.2, -0.15) is 0 Å². The van der Waals surface area contributed by atoms with Gasteiger partial charge in [-0.25, -0.2) is 9.97 Å². The van der Waals surface area contributed by atoms with Crippen LogP contribution in [0.5, 0.6) is 0 Å². The summed E-state index contributed by atoms with van der Waals surface area (Å²) < 4.78 is 0. The molecule has 0 atom stereocenters. The van der Waals surface area contributed by atoms with Crippen LogP contribution >= 0.6 is 0 Å². The van der Waals surface area contributed by atoms with E-state index >= 15 is 0 Å². The highest BCUT2D eigenvalue weighted by Gasteiger charge is 2.16. The molecule has 0 aliphatic carbocycles. The molecular weight excluding hydrogens is 328 g/mol. The van der Waals surface area contributed by atoms with Crippen LogP contribution in [-0.2, 0) is 6.54 Å². The minimum absolute atomic E-state index is 0.105. The maximum atomic E-state index is 11.2. The average molecular weight is 354 g/mol. The Morgan fingerprint density at radius 2 is 2.12 bits per heavy atom. The molecule has 0 amide bonds. The van der Waals surface area contributed by atoms with Gasteiger partial charge < -0.3 is 20.9 Å². The highest BCUT2D eigenvalue weighted by Crippen LogP contribution is 2.24. The van der Waals surface area contributed by atoms with Crippen molar-refractivity contribution in [2.75, 3.05) is 23.3 Å². The average Bonchev–Trinajstić information content (AvgIpc) is 2.69. The Hall–Kier alpha value is -2.83. The van der Waals surface area contributed by atoms with E-state index in [1.54, 1.807) is 18.5 Å². The van der Waals surface area contributed by atoms with E-state index in [-0.39, 0.29) is 5.56 Å². The Labute approximate surface area is 153 Å². The molecule has 26 heavy (non-hydrogen) atoms. The molecule has 1 aliphatic heterocycles. The summed E-state index contributed by atoms with van der Waals surface area (Å²) in [4.78, 5) is 25.6. The number of allylic oxidation sites excluding steroid dienone is 1. The van der Waals surface area contributed by atoms with Crippen molar-refractivity contribution in [2.24, 2.45) is 5.73 Å². The minimum atomic E-state index is -0.105. The summed E-state index contributed by atoms with van der Waals surface area (Å²) in [6.07, 6.45) is 7.72. The molecule has 1 saturated heterocycles. The molecule has 4 N–H and O–H groups in total. The second kappa shape index (κ2) is 8.51. The van der Waals surface area contributed by atoms with Gasteiger partial charge in [0, 0.05) is 49.7 Å². The van der Waals surface area contributed by atoms with Crippen molar-refractivity contribution in [3.63, 3.8) is 0 Å². The molecule has 0 unspecified atom stereocenters. The second-order valence-corrected chi connectivity index (χ2v) is 6.44. The highest BCUT2D eigenvalue weighted by molar-refractivity contribution is 5.63. The fourth-order valence-corrected chi connectivity index (χ4v) is 3.05. The number of nitrogens with one attached hydrogen (secondary N) is 2. The molecule has 3 rings (SSSR count).